The minimum absolute atomic E-state index is 0.630. The molecule has 0 radical (unpaired) electrons. The maximum absolute atomic E-state index is 4.88. The Labute approximate surface area is 135 Å². The van der Waals surface area contributed by atoms with E-state index in [2.05, 4.69) is 54.6 Å². The molecule has 2 atom stereocenters. The summed E-state index contributed by atoms with van der Waals surface area (Å²) in [6.45, 7) is 3.65. The van der Waals surface area contributed by atoms with E-state index in [1.165, 1.54) is 41.2 Å². The number of nitrogens with one attached hydrogen (secondary N) is 1. The average molecular weight is 309 g/mol. The lowest BCUT2D eigenvalue weighted by molar-refractivity contribution is -0.920. The Bertz CT molecular complexity index is 717. The van der Waals surface area contributed by atoms with Gasteiger partial charge in [-0.3, -0.25) is 0 Å². The first kappa shape index (κ1) is 13.9. The number of fused-ring (bicyclic) bond motifs is 1. The zero-order valence-electron chi connectivity index (χ0n) is 12.7. The van der Waals surface area contributed by atoms with E-state index in [1.807, 2.05) is 11.3 Å². The van der Waals surface area contributed by atoms with Crippen LogP contribution in [0.25, 0.3) is 10.2 Å². The molecule has 0 saturated carbocycles. The Kier molecular flexibility index (Phi) is 3.92. The Morgan fingerprint density at radius 2 is 1.86 bits per heavy atom. The van der Waals surface area contributed by atoms with E-state index in [4.69, 9.17) is 4.98 Å². The van der Waals surface area contributed by atoms with Crippen molar-refractivity contribution in [3.05, 3.63) is 65.2 Å². The molecular weight excluding hydrogens is 288 g/mol. The highest BCUT2D eigenvalue weighted by Gasteiger charge is 2.26. The molecule has 0 amide bonds. The van der Waals surface area contributed by atoms with E-state index in [9.17, 15) is 0 Å². The Morgan fingerprint density at radius 3 is 2.73 bits per heavy atom. The van der Waals surface area contributed by atoms with E-state index in [0.717, 1.165) is 12.1 Å². The Hall–Kier alpha value is -1.71. The molecule has 2 nitrogen and oxygen atoms in total. The van der Waals surface area contributed by atoms with Crippen molar-refractivity contribution in [3.63, 3.8) is 0 Å². The predicted molar refractivity (Wildman–Crippen MR) is 92.4 cm³/mol. The molecule has 1 saturated heterocycles. The van der Waals surface area contributed by atoms with Crippen LogP contribution in [0.1, 0.15) is 29.3 Å². The number of piperidine rings is 1. The van der Waals surface area contributed by atoms with Gasteiger partial charge in [-0.25, -0.2) is 4.98 Å². The van der Waals surface area contributed by atoms with E-state index in [1.54, 1.807) is 4.90 Å². The van der Waals surface area contributed by atoms with Crippen molar-refractivity contribution in [3.8, 4) is 0 Å². The lowest BCUT2D eigenvalue weighted by Gasteiger charge is -2.28. The van der Waals surface area contributed by atoms with Gasteiger partial charge in [0.25, 0.3) is 0 Å². The number of thiazole rings is 1. The first-order valence-corrected chi connectivity index (χ1v) is 8.93. The molecule has 1 unspecified atom stereocenters. The van der Waals surface area contributed by atoms with Gasteiger partial charge in [-0.2, -0.15) is 0 Å². The highest BCUT2D eigenvalue weighted by atomic mass is 32.1. The second-order valence-corrected chi connectivity index (χ2v) is 7.29. The summed E-state index contributed by atoms with van der Waals surface area (Å²) < 4.78 is 1.33. The van der Waals surface area contributed by atoms with Crippen LogP contribution in [0.3, 0.4) is 0 Å². The summed E-state index contributed by atoms with van der Waals surface area (Å²) in [6.07, 6.45) is 2.60. The van der Waals surface area contributed by atoms with Crippen LogP contribution in [-0.2, 0) is 6.54 Å². The molecule has 4 rings (SSSR count). The summed E-state index contributed by atoms with van der Waals surface area (Å²) in [6, 6.07) is 19.4. The topological polar surface area (TPSA) is 17.3 Å². The summed E-state index contributed by atoms with van der Waals surface area (Å²) in [5.41, 5.74) is 2.61. The van der Waals surface area contributed by atoms with Gasteiger partial charge in [0, 0.05) is 5.56 Å². The SMILES string of the molecule is c1ccc(C[NH+]2CCC[C@H](c3nc4ccccc4s3)C2)cc1. The molecule has 2 aromatic carbocycles. The number of nitrogens with zero attached hydrogens (tertiary/aromatic N) is 1. The molecule has 2 heterocycles. The van der Waals surface area contributed by atoms with E-state index in [0.29, 0.717) is 5.92 Å². The molecule has 22 heavy (non-hydrogen) atoms. The number of para-hydroxylation sites is 1. The van der Waals surface area contributed by atoms with Crippen molar-refractivity contribution in [1.29, 1.82) is 0 Å². The number of rotatable bonds is 3. The normalized spacial score (nSPS) is 22.0. The monoisotopic (exact) mass is 309 g/mol. The van der Waals surface area contributed by atoms with Crippen molar-refractivity contribution >= 4 is 21.6 Å². The van der Waals surface area contributed by atoms with Gasteiger partial charge < -0.3 is 4.90 Å². The summed E-state index contributed by atoms with van der Waals surface area (Å²) in [4.78, 5) is 6.58. The lowest BCUT2D eigenvalue weighted by atomic mass is 9.98. The highest BCUT2D eigenvalue weighted by Crippen LogP contribution is 2.30. The molecule has 1 fully saturated rings. The summed E-state index contributed by atoms with van der Waals surface area (Å²) in [5, 5.41) is 1.34. The first-order valence-electron chi connectivity index (χ1n) is 8.11. The summed E-state index contributed by atoms with van der Waals surface area (Å²) in [7, 11) is 0. The van der Waals surface area contributed by atoms with Gasteiger partial charge in [0.2, 0.25) is 0 Å². The fraction of sp³-hybridized carbons (Fsp3) is 0.316. The molecule has 0 spiro atoms. The van der Waals surface area contributed by atoms with Crippen molar-refractivity contribution in [2.45, 2.75) is 25.3 Å². The van der Waals surface area contributed by atoms with Gasteiger partial charge in [-0.15, -0.1) is 11.3 Å². The van der Waals surface area contributed by atoms with Gasteiger partial charge >= 0.3 is 0 Å². The number of quaternary nitrogens is 1. The summed E-state index contributed by atoms with van der Waals surface area (Å²) in [5.74, 6) is 0.630. The van der Waals surface area contributed by atoms with Crippen LogP contribution < -0.4 is 4.90 Å². The maximum Gasteiger partial charge on any atom is 0.103 e. The molecule has 1 aliphatic rings. The minimum Gasteiger partial charge on any atom is -0.331 e. The van der Waals surface area contributed by atoms with Crippen molar-refractivity contribution < 1.29 is 4.90 Å². The largest absolute Gasteiger partial charge is 0.331 e. The first-order chi connectivity index (χ1) is 10.9. The molecule has 0 bridgehead atoms. The number of hydrogen-bond donors (Lipinski definition) is 1. The highest BCUT2D eigenvalue weighted by molar-refractivity contribution is 7.18. The smallest absolute Gasteiger partial charge is 0.103 e. The second-order valence-electron chi connectivity index (χ2n) is 6.23. The molecule has 1 aromatic heterocycles. The van der Waals surface area contributed by atoms with E-state index < -0.39 is 0 Å². The Morgan fingerprint density at radius 1 is 1.05 bits per heavy atom. The maximum atomic E-state index is 4.88. The van der Waals surface area contributed by atoms with Crippen molar-refractivity contribution in [2.24, 2.45) is 0 Å². The van der Waals surface area contributed by atoms with Gasteiger partial charge in [0.1, 0.15) is 11.6 Å². The number of likely N-dealkylation sites (tertiary alicyclic amines) is 1. The fourth-order valence-corrected chi connectivity index (χ4v) is 4.57. The number of hydrogen-bond acceptors (Lipinski definition) is 2. The van der Waals surface area contributed by atoms with Gasteiger partial charge in [-0.1, -0.05) is 42.5 Å². The van der Waals surface area contributed by atoms with Crippen LogP contribution in [0.4, 0.5) is 0 Å². The second kappa shape index (κ2) is 6.19. The zero-order chi connectivity index (χ0) is 14.8. The molecule has 3 heteroatoms. The predicted octanol–water partition coefficient (Wildman–Crippen LogP) is 3.26. The molecule has 0 aliphatic carbocycles. The fourth-order valence-electron chi connectivity index (χ4n) is 3.47. The van der Waals surface area contributed by atoms with Crippen LogP contribution in [0, 0.1) is 0 Å². The third kappa shape index (κ3) is 2.92. The van der Waals surface area contributed by atoms with Crippen LogP contribution in [0.2, 0.25) is 0 Å². The van der Waals surface area contributed by atoms with Gasteiger partial charge in [-0.05, 0) is 25.0 Å². The van der Waals surface area contributed by atoms with Crippen LogP contribution in [0.5, 0.6) is 0 Å². The number of aromatic nitrogens is 1. The van der Waals surface area contributed by atoms with Crippen LogP contribution in [0.15, 0.2) is 54.6 Å². The van der Waals surface area contributed by atoms with E-state index in [-0.39, 0.29) is 0 Å². The van der Waals surface area contributed by atoms with Crippen molar-refractivity contribution in [2.75, 3.05) is 13.1 Å². The molecule has 1 N–H and O–H groups in total. The lowest BCUT2D eigenvalue weighted by Crippen LogP contribution is -3.12. The molecular formula is C19H21N2S+. The Balaban J connectivity index is 1.50. The molecule has 112 valence electrons. The third-order valence-electron chi connectivity index (χ3n) is 4.57. The molecule has 3 aromatic rings. The third-order valence-corrected chi connectivity index (χ3v) is 5.77. The quantitative estimate of drug-likeness (QED) is 0.786. The van der Waals surface area contributed by atoms with Crippen LogP contribution in [-0.4, -0.2) is 18.1 Å². The minimum atomic E-state index is 0.630. The van der Waals surface area contributed by atoms with Crippen LogP contribution >= 0.6 is 11.3 Å². The van der Waals surface area contributed by atoms with E-state index >= 15 is 0 Å². The average Bonchev–Trinajstić information content (AvgIpc) is 3.00. The zero-order valence-corrected chi connectivity index (χ0v) is 13.5. The standard InChI is InChI=1S/C19H20N2S/c1-2-7-15(8-3-1)13-21-12-6-9-16(14-21)19-20-17-10-4-5-11-18(17)22-19/h1-5,7-8,10-11,16H,6,9,12-14H2/p+1/t16-/m0/s1. The number of benzene rings is 2. The van der Waals surface area contributed by atoms with Crippen molar-refractivity contribution in [1.82, 2.24) is 4.98 Å². The molecule has 1 aliphatic heterocycles. The van der Waals surface area contributed by atoms with Gasteiger partial charge in [0.15, 0.2) is 0 Å². The summed E-state index contributed by atoms with van der Waals surface area (Å²) >= 11 is 1.89. The van der Waals surface area contributed by atoms with Gasteiger partial charge in [0.05, 0.1) is 29.2 Å².